The van der Waals surface area contributed by atoms with Crippen LogP contribution in [0.4, 0.5) is 0 Å². The van der Waals surface area contributed by atoms with Crippen LogP contribution in [-0.4, -0.2) is 82.2 Å². The van der Waals surface area contributed by atoms with Crippen LogP contribution in [-0.2, 0) is 4.74 Å². The van der Waals surface area contributed by atoms with Gasteiger partial charge in [-0.2, -0.15) is 0 Å². The Labute approximate surface area is 197 Å². The van der Waals surface area contributed by atoms with E-state index in [1.165, 1.54) is 44.6 Å². The van der Waals surface area contributed by atoms with E-state index in [2.05, 4.69) is 0 Å². The zero-order valence-electron chi connectivity index (χ0n) is 18.6. The van der Waals surface area contributed by atoms with Crippen molar-refractivity contribution in [3.8, 4) is 40.1 Å². The zero-order chi connectivity index (χ0) is 25.4. The van der Waals surface area contributed by atoms with Gasteiger partial charge in [0.05, 0.1) is 20.8 Å². The fraction of sp³-hybridized carbons (Fsp3) is 0.348. The SMILES string of the molecule is COc1cc(O)c2c(=O)c(O[C@@H]3O[C@H](CO)[C@@H](O)[C@H](O)[C@H]3O)c(-c3ccc(O)c(OC)c3)oc2c1. The molecule has 4 rings (SSSR count). The predicted molar refractivity (Wildman–Crippen MR) is 119 cm³/mol. The average Bonchev–Trinajstić information content (AvgIpc) is 2.85. The van der Waals surface area contributed by atoms with Crippen molar-refractivity contribution >= 4 is 11.0 Å². The fourth-order valence-electron chi connectivity index (χ4n) is 3.77. The Kier molecular flexibility index (Phi) is 6.74. The van der Waals surface area contributed by atoms with Gasteiger partial charge < -0.3 is 54.0 Å². The molecule has 188 valence electrons. The van der Waals surface area contributed by atoms with Crippen LogP contribution >= 0.6 is 0 Å². The van der Waals surface area contributed by atoms with Crippen LogP contribution in [0.15, 0.2) is 39.5 Å². The first-order valence-electron chi connectivity index (χ1n) is 10.4. The number of rotatable bonds is 6. The second-order valence-electron chi connectivity index (χ2n) is 7.81. The van der Waals surface area contributed by atoms with Gasteiger partial charge >= 0.3 is 0 Å². The lowest BCUT2D eigenvalue weighted by Crippen LogP contribution is -2.60. The number of aliphatic hydroxyl groups excluding tert-OH is 4. The summed E-state index contributed by atoms with van der Waals surface area (Å²) in [6, 6.07) is 6.62. The van der Waals surface area contributed by atoms with E-state index < -0.39 is 54.2 Å². The maximum Gasteiger partial charge on any atom is 0.239 e. The van der Waals surface area contributed by atoms with Crippen molar-refractivity contribution in [2.75, 3.05) is 20.8 Å². The van der Waals surface area contributed by atoms with Gasteiger partial charge in [0.15, 0.2) is 17.3 Å². The topological polar surface area (TPSA) is 189 Å². The molecule has 0 spiro atoms. The third kappa shape index (κ3) is 4.33. The number of phenolic OH excluding ortho intramolecular Hbond substituents is 2. The van der Waals surface area contributed by atoms with E-state index in [0.717, 1.165) is 0 Å². The van der Waals surface area contributed by atoms with Gasteiger partial charge in [-0.25, -0.2) is 0 Å². The third-order valence-corrected chi connectivity index (χ3v) is 5.67. The Morgan fingerprint density at radius 3 is 2.34 bits per heavy atom. The van der Waals surface area contributed by atoms with Crippen LogP contribution in [0.1, 0.15) is 0 Å². The number of ether oxygens (including phenoxy) is 4. The smallest absolute Gasteiger partial charge is 0.239 e. The molecule has 3 aromatic rings. The molecular formula is C23H24O12. The number of fused-ring (bicyclic) bond motifs is 1. The zero-order valence-corrected chi connectivity index (χ0v) is 18.6. The van der Waals surface area contributed by atoms with Gasteiger partial charge in [-0.1, -0.05) is 0 Å². The maximum absolute atomic E-state index is 13.5. The molecule has 1 aliphatic heterocycles. The summed E-state index contributed by atoms with van der Waals surface area (Å²) in [6.45, 7) is -0.709. The van der Waals surface area contributed by atoms with Crippen molar-refractivity contribution in [1.82, 2.24) is 0 Å². The number of hydrogen-bond acceptors (Lipinski definition) is 12. The molecule has 0 radical (unpaired) electrons. The van der Waals surface area contributed by atoms with Gasteiger partial charge in [0.25, 0.3) is 0 Å². The van der Waals surface area contributed by atoms with Crippen molar-refractivity contribution in [2.24, 2.45) is 0 Å². The first-order chi connectivity index (χ1) is 16.7. The van der Waals surface area contributed by atoms with E-state index in [1.54, 1.807) is 0 Å². The molecule has 1 fully saturated rings. The van der Waals surface area contributed by atoms with Crippen LogP contribution in [0.3, 0.4) is 0 Å². The highest BCUT2D eigenvalue weighted by Crippen LogP contribution is 2.39. The predicted octanol–water partition coefficient (Wildman–Crippen LogP) is 0.0671. The first-order valence-corrected chi connectivity index (χ1v) is 10.4. The Hall–Kier alpha value is -3.55. The second kappa shape index (κ2) is 9.60. The molecule has 0 bridgehead atoms. The minimum Gasteiger partial charge on any atom is -0.507 e. The second-order valence-corrected chi connectivity index (χ2v) is 7.81. The van der Waals surface area contributed by atoms with Crippen LogP contribution in [0, 0.1) is 0 Å². The average molecular weight is 492 g/mol. The molecule has 6 N–H and O–H groups in total. The molecule has 0 amide bonds. The summed E-state index contributed by atoms with van der Waals surface area (Å²) in [5.74, 6) is -1.11. The Balaban J connectivity index is 1.92. The van der Waals surface area contributed by atoms with Gasteiger partial charge in [0, 0.05) is 17.7 Å². The summed E-state index contributed by atoms with van der Waals surface area (Å²) in [7, 11) is 2.69. The van der Waals surface area contributed by atoms with E-state index in [1.807, 2.05) is 0 Å². The molecule has 0 aliphatic carbocycles. The third-order valence-electron chi connectivity index (χ3n) is 5.67. The molecular weight excluding hydrogens is 468 g/mol. The number of aliphatic hydroxyl groups is 4. The Morgan fingerprint density at radius 1 is 0.943 bits per heavy atom. The monoisotopic (exact) mass is 492 g/mol. The van der Waals surface area contributed by atoms with E-state index in [-0.39, 0.29) is 39.5 Å². The molecule has 12 nitrogen and oxygen atoms in total. The largest absolute Gasteiger partial charge is 0.507 e. The molecule has 2 heterocycles. The van der Waals surface area contributed by atoms with Gasteiger partial charge in [0.2, 0.25) is 17.5 Å². The number of aromatic hydroxyl groups is 2. The van der Waals surface area contributed by atoms with E-state index in [0.29, 0.717) is 0 Å². The summed E-state index contributed by atoms with van der Waals surface area (Å²) in [5.41, 5.74) is -0.707. The number of methoxy groups -OCH3 is 2. The summed E-state index contributed by atoms with van der Waals surface area (Å²) in [6.07, 6.45) is -8.20. The van der Waals surface area contributed by atoms with E-state index >= 15 is 0 Å². The van der Waals surface area contributed by atoms with Crippen LogP contribution in [0.2, 0.25) is 0 Å². The normalized spacial score (nSPS) is 24.3. The molecule has 0 saturated carbocycles. The lowest BCUT2D eigenvalue weighted by molar-refractivity contribution is -0.277. The lowest BCUT2D eigenvalue weighted by Gasteiger charge is -2.39. The lowest BCUT2D eigenvalue weighted by atomic mass is 9.99. The Morgan fingerprint density at radius 2 is 1.69 bits per heavy atom. The quantitative estimate of drug-likeness (QED) is 0.272. The summed E-state index contributed by atoms with van der Waals surface area (Å²) >= 11 is 0. The maximum atomic E-state index is 13.5. The standard InChI is InChI=1S/C23H24O12/c1-31-10-6-12(26)16-14(7-10)33-21(9-3-4-11(25)13(5-9)32-2)22(18(16)28)35-23-20(30)19(29)17(27)15(8-24)34-23/h3-7,15,17,19-20,23-27,29-30H,8H2,1-2H3/t15-,17-,19+,20-,23+/m1/s1. The van der Waals surface area contributed by atoms with Crippen molar-refractivity contribution in [3.63, 3.8) is 0 Å². The van der Waals surface area contributed by atoms with Gasteiger partial charge in [-0.15, -0.1) is 0 Å². The van der Waals surface area contributed by atoms with E-state index in [9.17, 15) is 35.4 Å². The van der Waals surface area contributed by atoms with Crippen molar-refractivity contribution in [1.29, 1.82) is 0 Å². The molecule has 2 aromatic carbocycles. The minimum absolute atomic E-state index is 0.0533. The van der Waals surface area contributed by atoms with Crippen LogP contribution in [0.25, 0.3) is 22.3 Å². The van der Waals surface area contributed by atoms with Gasteiger partial charge in [0.1, 0.15) is 46.9 Å². The summed E-state index contributed by atoms with van der Waals surface area (Å²) < 4.78 is 27.2. The van der Waals surface area contributed by atoms with Crippen molar-refractivity contribution in [3.05, 3.63) is 40.6 Å². The van der Waals surface area contributed by atoms with Gasteiger partial charge in [-0.3, -0.25) is 4.79 Å². The fourth-order valence-corrected chi connectivity index (χ4v) is 3.77. The van der Waals surface area contributed by atoms with Crippen molar-refractivity contribution < 1.29 is 54.0 Å². The number of hydrogen-bond donors (Lipinski definition) is 6. The Bertz CT molecular complexity index is 1280. The highest BCUT2D eigenvalue weighted by molar-refractivity contribution is 5.88. The van der Waals surface area contributed by atoms with Crippen molar-refractivity contribution in [2.45, 2.75) is 30.7 Å². The first kappa shape index (κ1) is 24.6. The molecule has 35 heavy (non-hydrogen) atoms. The molecule has 1 aromatic heterocycles. The van der Waals surface area contributed by atoms with Crippen LogP contribution < -0.4 is 19.6 Å². The molecule has 0 unspecified atom stereocenters. The summed E-state index contributed by atoms with van der Waals surface area (Å²) in [5, 5.41) is 60.1. The van der Waals surface area contributed by atoms with Gasteiger partial charge in [-0.05, 0) is 18.2 Å². The minimum atomic E-state index is -1.81. The summed E-state index contributed by atoms with van der Waals surface area (Å²) in [4.78, 5) is 13.5. The molecule has 12 heteroatoms. The van der Waals surface area contributed by atoms with E-state index in [4.69, 9.17) is 23.4 Å². The molecule has 1 saturated heterocycles. The molecule has 5 atom stereocenters. The highest BCUT2D eigenvalue weighted by atomic mass is 16.7. The number of benzene rings is 2. The molecule has 1 aliphatic rings. The number of phenols is 2. The van der Waals surface area contributed by atoms with Crippen LogP contribution in [0.5, 0.6) is 28.7 Å². The highest BCUT2D eigenvalue weighted by Gasteiger charge is 2.45.